The molecule has 2 aliphatic heterocycles. The molecule has 1 saturated carbocycles. The molecular formula is C25H29ClFN7. The van der Waals surface area contributed by atoms with Crippen molar-refractivity contribution in [2.24, 2.45) is 11.8 Å². The first kappa shape index (κ1) is 21.8. The van der Waals surface area contributed by atoms with E-state index in [2.05, 4.69) is 26.5 Å². The van der Waals surface area contributed by atoms with Crippen LogP contribution in [0.15, 0.2) is 30.5 Å². The Labute approximate surface area is 203 Å². The summed E-state index contributed by atoms with van der Waals surface area (Å²) >= 11 is 6.17. The van der Waals surface area contributed by atoms with Gasteiger partial charge >= 0.3 is 0 Å². The fourth-order valence-electron chi connectivity index (χ4n) is 6.12. The van der Waals surface area contributed by atoms with Crippen molar-refractivity contribution >= 4 is 23.2 Å². The van der Waals surface area contributed by atoms with Crippen LogP contribution in [0, 0.1) is 24.6 Å². The molecule has 6 rings (SSSR count). The van der Waals surface area contributed by atoms with Crippen molar-refractivity contribution in [3.8, 4) is 0 Å². The third-order valence-electron chi connectivity index (χ3n) is 7.67. The Morgan fingerprint density at radius 2 is 1.88 bits per heavy atom. The molecule has 2 bridgehead atoms. The number of aryl methyl sites for hydroxylation is 2. The number of fused-ring (bicyclic) bond motifs is 3. The first-order valence-electron chi connectivity index (χ1n) is 12.2. The summed E-state index contributed by atoms with van der Waals surface area (Å²) in [5.41, 5.74) is 2.98. The SMILES string of the molecule is Cc1cc(N2C[C@H]3CC[C@@H](C2)C3Nc2nc3n(n2)CCCC[C@H]3c2cc(F)cc(Cl)c2)cnn1. The Kier molecular flexibility index (Phi) is 5.63. The number of nitrogens with zero attached hydrogens (tertiary/aromatic N) is 6. The summed E-state index contributed by atoms with van der Waals surface area (Å²) in [7, 11) is 0. The number of nitrogens with one attached hydrogen (secondary N) is 1. The Bertz CT molecular complexity index is 1160. The molecule has 0 spiro atoms. The second kappa shape index (κ2) is 8.80. The van der Waals surface area contributed by atoms with Crippen molar-refractivity contribution < 1.29 is 4.39 Å². The molecule has 1 N–H and O–H groups in total. The van der Waals surface area contributed by atoms with Gasteiger partial charge in [-0.05, 0) is 74.3 Å². The van der Waals surface area contributed by atoms with Gasteiger partial charge < -0.3 is 10.2 Å². The number of anilines is 2. The highest BCUT2D eigenvalue weighted by molar-refractivity contribution is 6.30. The van der Waals surface area contributed by atoms with Crippen molar-refractivity contribution in [1.82, 2.24) is 25.0 Å². The van der Waals surface area contributed by atoms with Crippen molar-refractivity contribution in [2.45, 2.75) is 57.5 Å². The maximum absolute atomic E-state index is 14.1. The smallest absolute Gasteiger partial charge is 0.242 e. The van der Waals surface area contributed by atoms with E-state index in [1.54, 1.807) is 6.07 Å². The molecule has 2 fully saturated rings. The normalized spacial score (nSPS) is 26.3. The predicted molar refractivity (Wildman–Crippen MR) is 130 cm³/mol. The van der Waals surface area contributed by atoms with Gasteiger partial charge in [-0.2, -0.15) is 15.2 Å². The predicted octanol–water partition coefficient (Wildman–Crippen LogP) is 4.81. The van der Waals surface area contributed by atoms with Crippen LogP contribution in [0.3, 0.4) is 0 Å². The molecule has 1 unspecified atom stereocenters. The second-order valence-electron chi connectivity index (χ2n) is 10.00. The van der Waals surface area contributed by atoms with E-state index in [4.69, 9.17) is 21.7 Å². The zero-order valence-electron chi connectivity index (χ0n) is 19.3. The number of hydrogen-bond donors (Lipinski definition) is 1. The van der Waals surface area contributed by atoms with Crippen LogP contribution in [0.5, 0.6) is 0 Å². The summed E-state index contributed by atoms with van der Waals surface area (Å²) < 4.78 is 16.1. The number of hydrogen-bond acceptors (Lipinski definition) is 6. The van der Waals surface area contributed by atoms with Crippen LogP contribution in [0.1, 0.15) is 55.1 Å². The Morgan fingerprint density at radius 3 is 2.65 bits per heavy atom. The number of halogens is 2. The summed E-state index contributed by atoms with van der Waals surface area (Å²) in [5, 5.41) is 17.2. The van der Waals surface area contributed by atoms with E-state index in [1.807, 2.05) is 23.9 Å². The first-order chi connectivity index (χ1) is 16.5. The van der Waals surface area contributed by atoms with Gasteiger partial charge in [0.1, 0.15) is 11.6 Å². The molecule has 1 aromatic carbocycles. The van der Waals surface area contributed by atoms with E-state index < -0.39 is 0 Å². The lowest BCUT2D eigenvalue weighted by molar-refractivity contribution is 0.376. The third-order valence-corrected chi connectivity index (χ3v) is 7.89. The number of aromatic nitrogens is 5. The monoisotopic (exact) mass is 481 g/mol. The van der Waals surface area contributed by atoms with Gasteiger partial charge in [0.2, 0.25) is 5.95 Å². The van der Waals surface area contributed by atoms with Crippen molar-refractivity contribution in [1.29, 1.82) is 0 Å². The van der Waals surface area contributed by atoms with Gasteiger partial charge in [-0.1, -0.05) is 18.0 Å². The molecule has 178 valence electrons. The minimum absolute atomic E-state index is 0.000232. The van der Waals surface area contributed by atoms with Gasteiger partial charge in [-0.3, -0.25) is 0 Å². The maximum Gasteiger partial charge on any atom is 0.242 e. The number of piperidine rings is 1. The van der Waals surface area contributed by atoms with Gasteiger partial charge in [0.25, 0.3) is 0 Å². The zero-order valence-corrected chi connectivity index (χ0v) is 20.0. The second-order valence-corrected chi connectivity index (χ2v) is 10.4. The lowest BCUT2D eigenvalue weighted by Gasteiger charge is -2.39. The average Bonchev–Trinajstić information content (AvgIpc) is 3.20. The molecule has 1 aliphatic carbocycles. The molecule has 9 heteroatoms. The summed E-state index contributed by atoms with van der Waals surface area (Å²) in [6, 6.07) is 7.27. The fourth-order valence-corrected chi connectivity index (χ4v) is 6.35. The molecule has 4 heterocycles. The maximum atomic E-state index is 14.1. The molecule has 1 saturated heterocycles. The Balaban J connectivity index is 1.22. The van der Waals surface area contributed by atoms with E-state index in [-0.39, 0.29) is 11.7 Å². The van der Waals surface area contributed by atoms with Crippen LogP contribution in [0.2, 0.25) is 5.02 Å². The number of rotatable bonds is 4. The van der Waals surface area contributed by atoms with Gasteiger partial charge in [-0.15, -0.1) is 5.10 Å². The molecule has 3 aliphatic rings. The minimum Gasteiger partial charge on any atom is -0.369 e. The highest BCUT2D eigenvalue weighted by Crippen LogP contribution is 2.40. The summed E-state index contributed by atoms with van der Waals surface area (Å²) in [5.74, 6) is 2.37. The van der Waals surface area contributed by atoms with Gasteiger partial charge in [-0.25, -0.2) is 9.07 Å². The Morgan fingerprint density at radius 1 is 1.06 bits per heavy atom. The lowest BCUT2D eigenvalue weighted by Crippen LogP contribution is -2.48. The van der Waals surface area contributed by atoms with E-state index >= 15 is 0 Å². The van der Waals surface area contributed by atoms with E-state index in [0.717, 1.165) is 61.7 Å². The van der Waals surface area contributed by atoms with Gasteiger partial charge in [0.15, 0.2) is 0 Å². The van der Waals surface area contributed by atoms with Crippen LogP contribution in [-0.2, 0) is 6.54 Å². The van der Waals surface area contributed by atoms with Crippen LogP contribution in [-0.4, -0.2) is 44.1 Å². The molecule has 2 aromatic heterocycles. The minimum atomic E-state index is -0.306. The first-order valence-corrected chi connectivity index (χ1v) is 12.6. The van der Waals surface area contributed by atoms with Gasteiger partial charge in [0.05, 0.1) is 17.6 Å². The highest BCUT2D eigenvalue weighted by atomic mass is 35.5. The molecule has 0 amide bonds. The molecule has 34 heavy (non-hydrogen) atoms. The molecule has 7 nitrogen and oxygen atoms in total. The lowest BCUT2D eigenvalue weighted by atomic mass is 9.92. The molecule has 3 aromatic rings. The van der Waals surface area contributed by atoms with Crippen molar-refractivity contribution in [3.05, 3.63) is 58.4 Å². The average molecular weight is 482 g/mol. The van der Waals surface area contributed by atoms with Crippen LogP contribution in [0.4, 0.5) is 16.0 Å². The highest BCUT2D eigenvalue weighted by Gasteiger charge is 2.43. The van der Waals surface area contributed by atoms with E-state index in [9.17, 15) is 4.39 Å². The molecule has 0 radical (unpaired) electrons. The number of benzene rings is 1. The van der Waals surface area contributed by atoms with Crippen LogP contribution >= 0.6 is 11.6 Å². The van der Waals surface area contributed by atoms with Crippen LogP contribution in [0.25, 0.3) is 0 Å². The summed E-state index contributed by atoms with van der Waals surface area (Å²) in [6.07, 6.45) is 7.29. The summed E-state index contributed by atoms with van der Waals surface area (Å²) in [4.78, 5) is 7.40. The fraction of sp³-hybridized carbons (Fsp3) is 0.520. The standard InChI is InChI=1S/C25H29ClFN7/c1-15-8-21(12-28-31-15)33-13-16-5-6-17(14-33)23(16)29-25-30-24-22(4-2-3-7-34(24)32-25)18-9-19(26)11-20(27)10-18/h8-12,16-17,22-23H,2-7,13-14H2,1H3,(H,29,32)/t16-,17+,22-,23?/m0/s1. The van der Waals surface area contributed by atoms with Crippen molar-refractivity contribution in [2.75, 3.05) is 23.3 Å². The summed E-state index contributed by atoms with van der Waals surface area (Å²) in [6.45, 7) is 4.82. The van der Waals surface area contributed by atoms with E-state index in [0.29, 0.717) is 28.8 Å². The molecule has 4 atom stereocenters. The quantitative estimate of drug-likeness (QED) is 0.576. The molecular weight excluding hydrogens is 453 g/mol. The largest absolute Gasteiger partial charge is 0.369 e. The van der Waals surface area contributed by atoms with E-state index in [1.165, 1.54) is 18.9 Å². The topological polar surface area (TPSA) is 71.8 Å². The van der Waals surface area contributed by atoms with Gasteiger partial charge in [0, 0.05) is 36.6 Å². The third kappa shape index (κ3) is 4.13. The Hall–Kier alpha value is -2.74. The van der Waals surface area contributed by atoms with Crippen molar-refractivity contribution in [3.63, 3.8) is 0 Å². The zero-order chi connectivity index (χ0) is 23.2. The van der Waals surface area contributed by atoms with Crippen LogP contribution < -0.4 is 10.2 Å².